The summed E-state index contributed by atoms with van der Waals surface area (Å²) in [5.41, 5.74) is 9.22. The van der Waals surface area contributed by atoms with Gasteiger partial charge >= 0.3 is 0 Å². The Morgan fingerprint density at radius 1 is 1.33 bits per heavy atom. The van der Waals surface area contributed by atoms with Gasteiger partial charge in [0, 0.05) is 5.02 Å². The van der Waals surface area contributed by atoms with Gasteiger partial charge in [0.25, 0.3) is 0 Å². The van der Waals surface area contributed by atoms with E-state index in [9.17, 15) is 0 Å². The summed E-state index contributed by atoms with van der Waals surface area (Å²) in [7, 11) is 1.71. The zero-order valence-electron chi connectivity index (χ0n) is 12.1. The van der Waals surface area contributed by atoms with Crippen molar-refractivity contribution in [3.63, 3.8) is 0 Å². The number of nitrogens with two attached hydrogens (primary N) is 1. The molecule has 0 heterocycles. The maximum Gasteiger partial charge on any atom is 0.122 e. The maximum absolute atomic E-state index is 6.34. The number of benzene rings is 1. The molecule has 0 radical (unpaired) electrons. The summed E-state index contributed by atoms with van der Waals surface area (Å²) in [5, 5.41) is 0.842. The van der Waals surface area contributed by atoms with E-state index in [0.29, 0.717) is 6.54 Å². The van der Waals surface area contributed by atoms with Crippen molar-refractivity contribution in [1.82, 2.24) is 0 Å². The van der Waals surface area contributed by atoms with Gasteiger partial charge in [-0.2, -0.15) is 0 Å². The van der Waals surface area contributed by atoms with Crippen LogP contribution in [0.2, 0.25) is 5.02 Å². The topological polar surface area (TPSA) is 35.2 Å². The van der Waals surface area contributed by atoms with Gasteiger partial charge in [-0.25, -0.2) is 0 Å². The van der Waals surface area contributed by atoms with Crippen molar-refractivity contribution in [2.75, 3.05) is 13.7 Å². The van der Waals surface area contributed by atoms with E-state index in [-0.39, 0.29) is 5.41 Å². The molecule has 0 amide bonds. The van der Waals surface area contributed by atoms with Gasteiger partial charge in [-0.15, -0.1) is 0 Å². The van der Waals surface area contributed by atoms with E-state index in [2.05, 4.69) is 20.8 Å². The van der Waals surface area contributed by atoms with Crippen molar-refractivity contribution in [1.29, 1.82) is 0 Å². The molecular formula is C15H24ClNO. The highest BCUT2D eigenvalue weighted by Gasteiger charge is 2.22. The van der Waals surface area contributed by atoms with E-state index in [1.54, 1.807) is 7.11 Å². The van der Waals surface area contributed by atoms with Crippen LogP contribution in [0.4, 0.5) is 0 Å². The molecule has 1 aromatic carbocycles. The Hall–Kier alpha value is -0.730. The highest BCUT2D eigenvalue weighted by molar-refractivity contribution is 6.32. The number of hydrogen-bond donors (Lipinski definition) is 1. The first-order chi connectivity index (χ1) is 8.32. The van der Waals surface area contributed by atoms with Crippen molar-refractivity contribution >= 4 is 11.6 Å². The van der Waals surface area contributed by atoms with Crippen LogP contribution in [0.15, 0.2) is 6.07 Å². The lowest BCUT2D eigenvalue weighted by Gasteiger charge is -2.26. The lowest BCUT2D eigenvalue weighted by molar-refractivity contribution is 0.328. The van der Waals surface area contributed by atoms with E-state index in [1.807, 2.05) is 13.0 Å². The third-order valence-electron chi connectivity index (χ3n) is 3.47. The van der Waals surface area contributed by atoms with Crippen molar-refractivity contribution in [3.8, 4) is 5.75 Å². The SMILES string of the molecule is COc1cc(C)c(Cl)c(C)c1CC(C)(C)CCN. The smallest absolute Gasteiger partial charge is 0.122 e. The molecule has 0 bridgehead atoms. The fraction of sp³-hybridized carbons (Fsp3) is 0.600. The standard InChI is InChI=1S/C15H24ClNO/c1-10-8-13(18-5)12(11(2)14(10)16)9-15(3,4)6-7-17/h8H,6-7,9,17H2,1-5H3. The number of hydrogen-bond acceptors (Lipinski definition) is 2. The molecule has 0 spiro atoms. The molecule has 102 valence electrons. The second-order valence-electron chi connectivity index (χ2n) is 5.69. The summed E-state index contributed by atoms with van der Waals surface area (Å²) in [6.45, 7) is 9.23. The normalized spacial score (nSPS) is 11.7. The maximum atomic E-state index is 6.34. The van der Waals surface area contributed by atoms with Crippen molar-refractivity contribution < 1.29 is 4.74 Å². The molecule has 3 heteroatoms. The molecule has 1 aromatic rings. The van der Waals surface area contributed by atoms with E-state index in [0.717, 1.165) is 34.7 Å². The monoisotopic (exact) mass is 269 g/mol. The molecule has 0 aliphatic carbocycles. The number of aryl methyl sites for hydroxylation is 1. The second-order valence-corrected chi connectivity index (χ2v) is 6.07. The molecule has 0 unspecified atom stereocenters. The third kappa shape index (κ3) is 3.39. The Kier molecular flexibility index (Phi) is 5.06. The molecule has 0 fully saturated rings. The van der Waals surface area contributed by atoms with Gasteiger partial charge < -0.3 is 10.5 Å². The van der Waals surface area contributed by atoms with Crippen LogP contribution >= 0.6 is 11.6 Å². The molecule has 0 saturated heterocycles. The molecule has 2 nitrogen and oxygen atoms in total. The zero-order chi connectivity index (χ0) is 13.9. The van der Waals surface area contributed by atoms with Crippen molar-refractivity contribution in [3.05, 3.63) is 27.8 Å². The molecule has 18 heavy (non-hydrogen) atoms. The molecule has 0 aromatic heterocycles. The number of methoxy groups -OCH3 is 1. The van der Waals surface area contributed by atoms with E-state index in [1.165, 1.54) is 5.56 Å². The van der Waals surface area contributed by atoms with Gasteiger partial charge in [0.2, 0.25) is 0 Å². The Bertz CT molecular complexity index is 427. The molecule has 1 rings (SSSR count). The zero-order valence-corrected chi connectivity index (χ0v) is 12.8. The molecule has 2 N–H and O–H groups in total. The minimum atomic E-state index is 0.158. The van der Waals surface area contributed by atoms with Crippen LogP contribution < -0.4 is 10.5 Å². The Balaban J connectivity index is 3.19. The van der Waals surface area contributed by atoms with Gasteiger partial charge in [0.1, 0.15) is 5.75 Å². The average Bonchev–Trinajstić information content (AvgIpc) is 2.29. The molecule has 0 aliphatic heterocycles. The van der Waals surface area contributed by atoms with E-state index in [4.69, 9.17) is 22.1 Å². The molecule has 0 atom stereocenters. The third-order valence-corrected chi connectivity index (χ3v) is 4.05. The van der Waals surface area contributed by atoms with Gasteiger partial charge in [-0.05, 0) is 61.4 Å². The lowest BCUT2D eigenvalue weighted by atomic mass is 9.81. The van der Waals surface area contributed by atoms with Gasteiger partial charge in [0.05, 0.1) is 7.11 Å². The number of rotatable bonds is 5. The fourth-order valence-electron chi connectivity index (χ4n) is 2.32. The Labute approximate surface area is 115 Å². The van der Waals surface area contributed by atoms with Gasteiger partial charge in [-0.1, -0.05) is 25.4 Å². The predicted molar refractivity (Wildman–Crippen MR) is 78.6 cm³/mol. The first-order valence-corrected chi connectivity index (χ1v) is 6.73. The summed E-state index contributed by atoms with van der Waals surface area (Å²) < 4.78 is 5.50. The molecular weight excluding hydrogens is 246 g/mol. The quantitative estimate of drug-likeness (QED) is 0.880. The van der Waals surface area contributed by atoms with Crippen LogP contribution in [-0.4, -0.2) is 13.7 Å². The number of halogens is 1. The van der Waals surface area contributed by atoms with Crippen molar-refractivity contribution in [2.24, 2.45) is 11.1 Å². The van der Waals surface area contributed by atoms with Crippen LogP contribution in [0.5, 0.6) is 5.75 Å². The van der Waals surface area contributed by atoms with Crippen LogP contribution in [0.3, 0.4) is 0 Å². The first-order valence-electron chi connectivity index (χ1n) is 6.35. The molecule has 0 aliphatic rings. The van der Waals surface area contributed by atoms with Crippen LogP contribution in [-0.2, 0) is 6.42 Å². The molecule has 0 saturated carbocycles. The Morgan fingerprint density at radius 2 is 1.94 bits per heavy atom. The van der Waals surface area contributed by atoms with Crippen LogP contribution in [0.25, 0.3) is 0 Å². The predicted octanol–water partition coefficient (Wildman–Crippen LogP) is 3.88. The van der Waals surface area contributed by atoms with Crippen LogP contribution in [0, 0.1) is 19.3 Å². The minimum Gasteiger partial charge on any atom is -0.496 e. The average molecular weight is 270 g/mol. The summed E-state index contributed by atoms with van der Waals surface area (Å²) >= 11 is 6.34. The van der Waals surface area contributed by atoms with E-state index >= 15 is 0 Å². The Morgan fingerprint density at radius 3 is 2.44 bits per heavy atom. The lowest BCUT2D eigenvalue weighted by Crippen LogP contribution is -2.20. The minimum absolute atomic E-state index is 0.158. The fourth-order valence-corrected chi connectivity index (χ4v) is 2.49. The second kappa shape index (κ2) is 5.94. The van der Waals surface area contributed by atoms with Gasteiger partial charge in [0.15, 0.2) is 0 Å². The summed E-state index contributed by atoms with van der Waals surface area (Å²) in [6, 6.07) is 2.02. The number of ether oxygens (including phenoxy) is 1. The highest BCUT2D eigenvalue weighted by atomic mass is 35.5. The van der Waals surface area contributed by atoms with Crippen molar-refractivity contribution in [2.45, 2.75) is 40.5 Å². The van der Waals surface area contributed by atoms with Gasteiger partial charge in [-0.3, -0.25) is 0 Å². The first kappa shape index (κ1) is 15.3. The summed E-state index contributed by atoms with van der Waals surface area (Å²) in [6.07, 6.45) is 1.92. The van der Waals surface area contributed by atoms with E-state index < -0.39 is 0 Å². The highest BCUT2D eigenvalue weighted by Crippen LogP contribution is 2.36. The summed E-state index contributed by atoms with van der Waals surface area (Å²) in [4.78, 5) is 0. The summed E-state index contributed by atoms with van der Waals surface area (Å²) in [5.74, 6) is 0.930. The van der Waals surface area contributed by atoms with Crippen LogP contribution in [0.1, 0.15) is 37.0 Å². The largest absolute Gasteiger partial charge is 0.496 e.